The molecule has 1 aliphatic heterocycles. The Balaban J connectivity index is 1.56. The van der Waals surface area contributed by atoms with Crippen LogP contribution in [0.2, 0.25) is 0 Å². The molecule has 2 aromatic rings. The Labute approximate surface area is 118 Å². The van der Waals surface area contributed by atoms with Crippen molar-refractivity contribution in [3.05, 3.63) is 53.3 Å². The van der Waals surface area contributed by atoms with Gasteiger partial charge in [-0.05, 0) is 30.5 Å². The highest BCUT2D eigenvalue weighted by Gasteiger charge is 2.25. The minimum Gasteiger partial charge on any atom is -0.488 e. The first-order valence-corrected chi connectivity index (χ1v) is 7.27. The van der Waals surface area contributed by atoms with Crippen LogP contribution in [0.5, 0.6) is 5.75 Å². The third kappa shape index (κ3) is 1.85. The summed E-state index contributed by atoms with van der Waals surface area (Å²) in [6, 6.07) is 10.2. The summed E-state index contributed by atoms with van der Waals surface area (Å²) in [7, 11) is 0. The van der Waals surface area contributed by atoms with Gasteiger partial charge in [-0.3, -0.25) is 4.79 Å². The Morgan fingerprint density at radius 2 is 2.10 bits per heavy atom. The van der Waals surface area contributed by atoms with Crippen molar-refractivity contribution in [2.75, 3.05) is 0 Å². The molecule has 0 spiro atoms. The number of ketones is 1. The molecular formula is C17H17NO2. The van der Waals surface area contributed by atoms with Crippen LogP contribution in [0.25, 0.3) is 0 Å². The van der Waals surface area contributed by atoms with Gasteiger partial charge >= 0.3 is 0 Å². The summed E-state index contributed by atoms with van der Waals surface area (Å²) in [6.45, 7) is 0.831. The lowest BCUT2D eigenvalue weighted by Crippen LogP contribution is -2.23. The van der Waals surface area contributed by atoms with Gasteiger partial charge in [0.25, 0.3) is 0 Å². The Morgan fingerprint density at radius 1 is 1.20 bits per heavy atom. The molecule has 2 heterocycles. The van der Waals surface area contributed by atoms with Gasteiger partial charge in [-0.1, -0.05) is 18.2 Å². The topological polar surface area (TPSA) is 31.2 Å². The van der Waals surface area contributed by atoms with Crippen molar-refractivity contribution >= 4 is 5.78 Å². The zero-order valence-electron chi connectivity index (χ0n) is 11.3. The number of para-hydroxylation sites is 1. The van der Waals surface area contributed by atoms with Gasteiger partial charge in [-0.2, -0.15) is 0 Å². The standard InChI is InChI=1S/C17H17NO2/c19-16-6-3-5-15-14(16)8-9-18(15)11-13-10-12-4-1-2-7-17(12)20-13/h1-2,4,7-9,13H,3,5-6,10-11H2. The lowest BCUT2D eigenvalue weighted by atomic mass is 9.97. The van der Waals surface area contributed by atoms with E-state index in [0.717, 1.165) is 37.1 Å². The molecule has 1 unspecified atom stereocenters. The van der Waals surface area contributed by atoms with Crippen molar-refractivity contribution in [2.45, 2.75) is 38.3 Å². The van der Waals surface area contributed by atoms with Crippen LogP contribution in [0.15, 0.2) is 36.5 Å². The SMILES string of the molecule is O=C1CCCc2c1ccn2CC1Cc2ccccc2O1. The maximum absolute atomic E-state index is 11.9. The van der Waals surface area contributed by atoms with E-state index < -0.39 is 0 Å². The molecule has 0 N–H and O–H groups in total. The van der Waals surface area contributed by atoms with Crippen LogP contribution in [0.4, 0.5) is 0 Å². The predicted octanol–water partition coefficient (Wildman–Crippen LogP) is 3.01. The van der Waals surface area contributed by atoms with E-state index in [1.165, 1.54) is 11.3 Å². The van der Waals surface area contributed by atoms with Crippen molar-refractivity contribution < 1.29 is 9.53 Å². The van der Waals surface area contributed by atoms with Crippen LogP contribution in [-0.4, -0.2) is 16.5 Å². The number of carbonyl (C=O) groups is 1. The molecule has 0 amide bonds. The number of rotatable bonds is 2. The monoisotopic (exact) mass is 267 g/mol. The molecule has 1 aromatic carbocycles. The second-order valence-electron chi connectivity index (χ2n) is 5.66. The van der Waals surface area contributed by atoms with E-state index in [4.69, 9.17) is 4.74 Å². The third-order valence-electron chi connectivity index (χ3n) is 4.31. The van der Waals surface area contributed by atoms with Gasteiger partial charge in [0.15, 0.2) is 5.78 Å². The lowest BCUT2D eigenvalue weighted by Gasteiger charge is -2.18. The van der Waals surface area contributed by atoms with Crippen LogP contribution >= 0.6 is 0 Å². The summed E-state index contributed by atoms with van der Waals surface area (Å²) in [5, 5.41) is 0. The molecule has 0 bridgehead atoms. The number of hydrogen-bond acceptors (Lipinski definition) is 2. The van der Waals surface area contributed by atoms with Crippen LogP contribution in [0, 0.1) is 0 Å². The molecule has 0 fully saturated rings. The van der Waals surface area contributed by atoms with Crippen LogP contribution in [-0.2, 0) is 19.4 Å². The van der Waals surface area contributed by atoms with Gasteiger partial charge in [0.2, 0.25) is 0 Å². The minimum atomic E-state index is 0.181. The van der Waals surface area contributed by atoms with Crippen molar-refractivity contribution in [3.8, 4) is 5.75 Å². The summed E-state index contributed by atoms with van der Waals surface area (Å²) >= 11 is 0. The Morgan fingerprint density at radius 3 is 3.00 bits per heavy atom. The van der Waals surface area contributed by atoms with Crippen LogP contribution < -0.4 is 4.74 Å². The molecule has 0 saturated heterocycles. The lowest BCUT2D eigenvalue weighted by molar-refractivity contribution is 0.0971. The van der Waals surface area contributed by atoms with Crippen molar-refractivity contribution in [1.29, 1.82) is 0 Å². The summed E-state index contributed by atoms with van der Waals surface area (Å²) < 4.78 is 8.20. The van der Waals surface area contributed by atoms with Gasteiger partial charge in [-0.15, -0.1) is 0 Å². The molecule has 1 aliphatic carbocycles. The Kier molecular flexibility index (Phi) is 2.66. The van der Waals surface area contributed by atoms with Gasteiger partial charge in [-0.25, -0.2) is 0 Å². The average Bonchev–Trinajstić information content (AvgIpc) is 3.04. The first-order valence-electron chi connectivity index (χ1n) is 7.27. The van der Waals surface area contributed by atoms with Crippen molar-refractivity contribution in [3.63, 3.8) is 0 Å². The first-order chi connectivity index (χ1) is 9.81. The first kappa shape index (κ1) is 11.8. The van der Waals surface area contributed by atoms with E-state index in [0.29, 0.717) is 12.2 Å². The fourth-order valence-electron chi connectivity index (χ4n) is 3.33. The van der Waals surface area contributed by atoms with E-state index in [1.807, 2.05) is 24.4 Å². The van der Waals surface area contributed by atoms with Gasteiger partial charge in [0.1, 0.15) is 11.9 Å². The molecule has 4 rings (SSSR count). The summed E-state index contributed by atoms with van der Waals surface area (Å²) in [5.41, 5.74) is 3.40. The zero-order valence-corrected chi connectivity index (χ0v) is 11.3. The van der Waals surface area contributed by atoms with Gasteiger partial charge < -0.3 is 9.30 Å². The third-order valence-corrected chi connectivity index (χ3v) is 4.31. The number of hydrogen-bond donors (Lipinski definition) is 0. The van der Waals surface area contributed by atoms with Gasteiger partial charge in [0.05, 0.1) is 6.54 Å². The number of benzene rings is 1. The second-order valence-corrected chi connectivity index (χ2v) is 5.66. The number of carbonyl (C=O) groups excluding carboxylic acids is 1. The maximum Gasteiger partial charge on any atom is 0.164 e. The largest absolute Gasteiger partial charge is 0.488 e. The highest BCUT2D eigenvalue weighted by molar-refractivity contribution is 5.98. The zero-order chi connectivity index (χ0) is 13.5. The summed E-state index contributed by atoms with van der Waals surface area (Å²) in [6.07, 6.45) is 5.86. The molecule has 3 nitrogen and oxygen atoms in total. The second kappa shape index (κ2) is 4.51. The molecule has 20 heavy (non-hydrogen) atoms. The molecule has 3 heteroatoms. The van der Waals surface area contributed by atoms with Gasteiger partial charge in [0, 0.05) is 30.3 Å². The Bertz CT molecular complexity index is 646. The normalized spacial score (nSPS) is 20.4. The molecule has 2 aliphatic rings. The van der Waals surface area contributed by atoms with E-state index in [2.05, 4.69) is 16.7 Å². The van der Waals surface area contributed by atoms with Crippen molar-refractivity contribution in [1.82, 2.24) is 4.57 Å². The fraction of sp³-hybridized carbons (Fsp3) is 0.353. The summed E-state index contributed by atoms with van der Waals surface area (Å²) in [4.78, 5) is 11.9. The summed E-state index contributed by atoms with van der Waals surface area (Å²) in [5.74, 6) is 1.30. The number of ether oxygens (including phenoxy) is 1. The van der Waals surface area contributed by atoms with E-state index in [-0.39, 0.29) is 6.10 Å². The molecule has 102 valence electrons. The quantitative estimate of drug-likeness (QED) is 0.837. The van der Waals surface area contributed by atoms with E-state index >= 15 is 0 Å². The molecule has 1 atom stereocenters. The average molecular weight is 267 g/mol. The van der Waals surface area contributed by atoms with E-state index in [9.17, 15) is 4.79 Å². The maximum atomic E-state index is 11.9. The number of Topliss-reactive ketones (excluding diaryl/α,β-unsaturated/α-hetero) is 1. The number of aromatic nitrogens is 1. The highest BCUT2D eigenvalue weighted by atomic mass is 16.5. The fourth-order valence-corrected chi connectivity index (χ4v) is 3.33. The number of fused-ring (bicyclic) bond motifs is 2. The van der Waals surface area contributed by atoms with Crippen LogP contribution in [0.1, 0.15) is 34.5 Å². The van der Waals surface area contributed by atoms with Crippen molar-refractivity contribution in [2.24, 2.45) is 0 Å². The molecule has 0 saturated carbocycles. The smallest absolute Gasteiger partial charge is 0.164 e. The molecule has 1 aromatic heterocycles. The highest BCUT2D eigenvalue weighted by Crippen LogP contribution is 2.30. The number of nitrogens with zero attached hydrogens (tertiary/aromatic N) is 1. The van der Waals surface area contributed by atoms with E-state index in [1.54, 1.807) is 0 Å². The predicted molar refractivity (Wildman–Crippen MR) is 76.3 cm³/mol. The Hall–Kier alpha value is -2.03. The molecule has 0 radical (unpaired) electrons. The minimum absolute atomic E-state index is 0.181. The molecular weight excluding hydrogens is 250 g/mol. The van der Waals surface area contributed by atoms with Crippen LogP contribution in [0.3, 0.4) is 0 Å².